The molecule has 1 unspecified atom stereocenters. The predicted molar refractivity (Wildman–Crippen MR) is 149 cm³/mol. The van der Waals surface area contributed by atoms with Crippen molar-refractivity contribution < 1.29 is 9.69 Å². The number of anilines is 1. The second-order valence-electron chi connectivity index (χ2n) is 9.79. The van der Waals surface area contributed by atoms with Gasteiger partial charge in [0.25, 0.3) is 5.91 Å². The van der Waals surface area contributed by atoms with Crippen LogP contribution in [0.2, 0.25) is 0 Å². The van der Waals surface area contributed by atoms with Crippen LogP contribution in [-0.4, -0.2) is 71.7 Å². The van der Waals surface area contributed by atoms with Crippen LogP contribution in [-0.2, 0) is 11.3 Å². The molecule has 1 fully saturated rings. The van der Waals surface area contributed by atoms with Gasteiger partial charge in [-0.25, -0.2) is 4.90 Å². The molecular formula is C28H31N8OS+. The van der Waals surface area contributed by atoms with E-state index in [0.717, 1.165) is 76.0 Å². The average molecular weight is 528 g/mol. The lowest BCUT2D eigenvalue weighted by Crippen LogP contribution is -3.00. The van der Waals surface area contributed by atoms with E-state index >= 15 is 0 Å². The Bertz CT molecular complexity index is 1450. The Morgan fingerprint density at radius 3 is 2.79 bits per heavy atom. The first kappa shape index (κ1) is 24.7. The number of thioether (sulfide) groups is 1. The third-order valence-corrected chi connectivity index (χ3v) is 8.38. The lowest BCUT2D eigenvalue weighted by molar-refractivity contribution is -0.706. The highest BCUT2D eigenvalue weighted by atomic mass is 32.2. The van der Waals surface area contributed by atoms with Crippen molar-refractivity contribution in [3.05, 3.63) is 76.3 Å². The number of hydrogen-bond donors (Lipinski definition) is 2. The lowest BCUT2D eigenvalue weighted by Gasteiger charge is -2.27. The van der Waals surface area contributed by atoms with Crippen LogP contribution in [0.3, 0.4) is 0 Å². The van der Waals surface area contributed by atoms with E-state index in [-0.39, 0.29) is 5.91 Å². The summed E-state index contributed by atoms with van der Waals surface area (Å²) in [7, 11) is 3.92. The number of amides is 1. The molecule has 0 saturated carbocycles. The Hall–Kier alpha value is -3.60. The fourth-order valence-corrected chi connectivity index (χ4v) is 6.44. The number of pyridine rings is 1. The summed E-state index contributed by atoms with van der Waals surface area (Å²) in [6, 6.07) is 12.5. The predicted octanol–water partition coefficient (Wildman–Crippen LogP) is 2.24. The first-order valence-electron chi connectivity index (χ1n) is 12.9. The molecule has 0 radical (unpaired) electrons. The van der Waals surface area contributed by atoms with Gasteiger partial charge >= 0.3 is 0 Å². The zero-order valence-electron chi connectivity index (χ0n) is 21.9. The number of likely N-dealkylation sites (N-methyl/N-ethyl adjacent to an activating group) is 1. The van der Waals surface area contributed by atoms with Gasteiger partial charge in [0.05, 0.1) is 40.3 Å². The van der Waals surface area contributed by atoms with Crippen molar-refractivity contribution in [1.29, 1.82) is 0 Å². The van der Waals surface area contributed by atoms with Crippen molar-refractivity contribution in [2.24, 2.45) is 4.99 Å². The minimum absolute atomic E-state index is 0.175. The standard InChI is InChI=1S/C28H30N8OS/c1-18-15-31-19(16-30-18)17-32-27(37)24-25(29-2)20-9-10-23(35-12-6-11-34(3)13-14-35)33-26(20)36-21-7-4-5-8-22(21)38-28(24)36/h4-5,7-10,15-16H,6,11-14,17H2,1-3H3,(H,32,37)/p+1. The summed E-state index contributed by atoms with van der Waals surface area (Å²) in [5.74, 6) is 1.70. The van der Waals surface area contributed by atoms with E-state index in [1.165, 1.54) is 0 Å². The fraction of sp³-hybridized carbons (Fsp3) is 0.321. The van der Waals surface area contributed by atoms with E-state index in [9.17, 15) is 4.79 Å². The van der Waals surface area contributed by atoms with Crippen molar-refractivity contribution in [3.8, 4) is 0 Å². The molecule has 3 aliphatic rings. The third-order valence-electron chi connectivity index (χ3n) is 7.19. The summed E-state index contributed by atoms with van der Waals surface area (Å²) in [6.07, 6.45) is 4.51. The molecule has 3 aromatic rings. The Morgan fingerprint density at radius 1 is 1.11 bits per heavy atom. The van der Waals surface area contributed by atoms with Gasteiger partial charge in [-0.1, -0.05) is 12.1 Å². The van der Waals surface area contributed by atoms with Gasteiger partial charge in [-0.3, -0.25) is 19.8 Å². The first-order chi connectivity index (χ1) is 18.5. The van der Waals surface area contributed by atoms with Crippen molar-refractivity contribution in [2.45, 2.75) is 24.8 Å². The fourth-order valence-electron chi connectivity index (χ4n) is 5.19. The number of para-hydroxylation sites is 1. The molecular weight excluding hydrogens is 496 g/mol. The molecule has 5 heterocycles. The summed E-state index contributed by atoms with van der Waals surface area (Å²) >= 11 is 1.62. The number of fused-ring (bicyclic) bond motifs is 5. The number of carbonyl (C=O) groups excluding carboxylic acids is 1. The van der Waals surface area contributed by atoms with E-state index in [2.05, 4.69) is 61.4 Å². The highest BCUT2D eigenvalue weighted by molar-refractivity contribution is 8.03. The van der Waals surface area contributed by atoms with Crippen LogP contribution in [0, 0.1) is 6.92 Å². The molecule has 0 bridgehead atoms. The molecule has 1 atom stereocenters. The molecule has 3 aliphatic heterocycles. The van der Waals surface area contributed by atoms with E-state index in [4.69, 9.17) is 4.98 Å². The van der Waals surface area contributed by atoms with Crippen LogP contribution in [0.1, 0.15) is 23.4 Å². The number of hydrogen-bond acceptors (Lipinski definition) is 8. The molecule has 0 spiro atoms. The van der Waals surface area contributed by atoms with Gasteiger partial charge in [-0.05, 0) is 56.9 Å². The molecule has 194 valence electrons. The topological polar surface area (TPSA) is 91.0 Å². The van der Waals surface area contributed by atoms with E-state index < -0.39 is 0 Å². The molecule has 6 rings (SSSR count). The Morgan fingerprint density at radius 2 is 1.97 bits per heavy atom. The van der Waals surface area contributed by atoms with Gasteiger partial charge in [0, 0.05) is 38.9 Å². The van der Waals surface area contributed by atoms with Crippen LogP contribution in [0.15, 0.2) is 69.3 Å². The van der Waals surface area contributed by atoms with E-state index in [1.807, 2.05) is 19.1 Å². The molecule has 38 heavy (non-hydrogen) atoms. The number of rotatable bonds is 4. The maximum Gasteiger partial charge on any atom is 0.260 e. The molecule has 1 saturated heterocycles. The van der Waals surface area contributed by atoms with Crippen molar-refractivity contribution in [2.75, 3.05) is 45.2 Å². The van der Waals surface area contributed by atoms with Crippen LogP contribution >= 0.6 is 11.8 Å². The molecule has 10 heteroatoms. The third kappa shape index (κ3) is 4.48. The van der Waals surface area contributed by atoms with Crippen LogP contribution in [0.25, 0.3) is 0 Å². The monoisotopic (exact) mass is 527 g/mol. The maximum atomic E-state index is 13.7. The number of aromatic nitrogens is 3. The van der Waals surface area contributed by atoms with Crippen LogP contribution in [0.5, 0.6) is 0 Å². The van der Waals surface area contributed by atoms with Crippen LogP contribution in [0.4, 0.5) is 17.3 Å². The Kier molecular flexibility index (Phi) is 6.69. The molecule has 1 aromatic carbocycles. The highest BCUT2D eigenvalue weighted by Crippen LogP contribution is 2.42. The SMILES string of the molecule is CN=C1C(C(=O)NCc2cnc(C)cn2)=C2Sc3ccccc3[NH+]2c2nc(N3CCCN(C)CC3)ccc21. The molecule has 9 nitrogen and oxygen atoms in total. The van der Waals surface area contributed by atoms with Crippen molar-refractivity contribution >= 4 is 40.7 Å². The van der Waals surface area contributed by atoms with Crippen molar-refractivity contribution in [1.82, 2.24) is 25.2 Å². The summed E-state index contributed by atoms with van der Waals surface area (Å²) in [6.45, 7) is 6.20. The Labute approximate surface area is 226 Å². The first-order valence-corrected chi connectivity index (χ1v) is 13.7. The van der Waals surface area contributed by atoms with Gasteiger partial charge in [-0.2, -0.15) is 4.98 Å². The second kappa shape index (κ2) is 10.3. The minimum Gasteiger partial charge on any atom is -0.355 e. The summed E-state index contributed by atoms with van der Waals surface area (Å²) < 4.78 is 0. The maximum absolute atomic E-state index is 13.7. The summed E-state index contributed by atoms with van der Waals surface area (Å²) in [5, 5.41) is 3.97. The minimum atomic E-state index is -0.175. The Balaban J connectivity index is 1.40. The number of quaternary nitrogens is 1. The van der Waals surface area contributed by atoms with Gasteiger partial charge in [0.1, 0.15) is 11.4 Å². The second-order valence-corrected chi connectivity index (χ2v) is 10.8. The van der Waals surface area contributed by atoms with Gasteiger partial charge in [0.15, 0.2) is 10.7 Å². The summed E-state index contributed by atoms with van der Waals surface area (Å²) in [5.41, 5.74) is 4.80. The van der Waals surface area contributed by atoms with Gasteiger partial charge < -0.3 is 15.1 Å². The number of aliphatic imine (C=N–C) groups is 1. The number of aryl methyl sites for hydroxylation is 1. The normalized spacial score (nSPS) is 20.1. The zero-order chi connectivity index (χ0) is 26.2. The number of benzene rings is 1. The number of nitrogens with one attached hydrogen (secondary N) is 2. The van der Waals surface area contributed by atoms with Gasteiger partial charge in [-0.15, -0.1) is 0 Å². The molecule has 1 amide bonds. The molecule has 0 aliphatic carbocycles. The molecule has 2 N–H and O–H groups in total. The number of carbonyl (C=O) groups is 1. The van der Waals surface area contributed by atoms with E-state index in [1.54, 1.807) is 31.2 Å². The van der Waals surface area contributed by atoms with E-state index in [0.29, 0.717) is 23.5 Å². The summed E-state index contributed by atoms with van der Waals surface area (Å²) in [4.78, 5) is 39.2. The zero-order valence-corrected chi connectivity index (χ0v) is 22.7. The number of nitrogens with zero attached hydrogens (tertiary/aromatic N) is 6. The quantitative estimate of drug-likeness (QED) is 0.538. The molecule has 2 aromatic heterocycles. The van der Waals surface area contributed by atoms with Crippen LogP contribution < -0.4 is 15.1 Å². The van der Waals surface area contributed by atoms with Gasteiger partial charge in [0.2, 0.25) is 5.82 Å². The lowest BCUT2D eigenvalue weighted by atomic mass is 9.98. The highest BCUT2D eigenvalue weighted by Gasteiger charge is 2.46. The average Bonchev–Trinajstić information content (AvgIpc) is 3.19. The smallest absolute Gasteiger partial charge is 0.260 e. The van der Waals surface area contributed by atoms with Crippen molar-refractivity contribution in [3.63, 3.8) is 0 Å². The largest absolute Gasteiger partial charge is 0.355 e.